The van der Waals surface area contributed by atoms with E-state index in [9.17, 15) is 14.4 Å². The fraction of sp³-hybridized carbons (Fsp3) is 0.769. The maximum absolute atomic E-state index is 11.8. The van der Waals surface area contributed by atoms with Crippen LogP contribution in [0.4, 0.5) is 0 Å². The molecule has 0 radical (unpaired) electrons. The highest BCUT2D eigenvalue weighted by Crippen LogP contribution is 2.32. The Hall–Kier alpha value is -1.59. The number of rotatable bonds is 5. The molecule has 1 saturated carbocycles. The van der Waals surface area contributed by atoms with E-state index >= 15 is 0 Å². The molecule has 6 heteroatoms. The van der Waals surface area contributed by atoms with Crippen LogP contribution < -0.4 is 5.32 Å². The van der Waals surface area contributed by atoms with Crippen molar-refractivity contribution < 1.29 is 19.5 Å². The zero-order valence-electron chi connectivity index (χ0n) is 10.9. The van der Waals surface area contributed by atoms with Crippen LogP contribution >= 0.6 is 0 Å². The summed E-state index contributed by atoms with van der Waals surface area (Å²) in [5, 5.41) is 11.6. The van der Waals surface area contributed by atoms with E-state index in [1.807, 2.05) is 0 Å². The molecule has 0 spiro atoms. The van der Waals surface area contributed by atoms with Gasteiger partial charge in [0, 0.05) is 13.0 Å². The van der Waals surface area contributed by atoms with Crippen LogP contribution in [0, 0.1) is 5.92 Å². The van der Waals surface area contributed by atoms with Gasteiger partial charge in [-0.25, -0.2) is 4.79 Å². The monoisotopic (exact) mass is 268 g/mol. The van der Waals surface area contributed by atoms with Crippen LogP contribution in [-0.2, 0) is 14.4 Å². The molecule has 1 unspecified atom stereocenters. The smallest absolute Gasteiger partial charge is 0.326 e. The third-order valence-corrected chi connectivity index (χ3v) is 3.68. The van der Waals surface area contributed by atoms with Crippen molar-refractivity contribution in [2.24, 2.45) is 5.92 Å². The van der Waals surface area contributed by atoms with Crippen molar-refractivity contribution in [2.45, 2.75) is 44.6 Å². The lowest BCUT2D eigenvalue weighted by atomic mass is 10.2. The van der Waals surface area contributed by atoms with Gasteiger partial charge in [0.1, 0.15) is 6.04 Å². The van der Waals surface area contributed by atoms with Crippen molar-refractivity contribution in [3.05, 3.63) is 0 Å². The predicted octanol–water partition coefficient (Wildman–Crippen LogP) is 0.368. The third-order valence-electron chi connectivity index (χ3n) is 3.68. The van der Waals surface area contributed by atoms with E-state index in [-0.39, 0.29) is 24.3 Å². The minimum Gasteiger partial charge on any atom is -0.480 e. The second-order valence-corrected chi connectivity index (χ2v) is 5.35. The summed E-state index contributed by atoms with van der Waals surface area (Å²) >= 11 is 0. The van der Waals surface area contributed by atoms with Crippen molar-refractivity contribution in [3.8, 4) is 0 Å². The van der Waals surface area contributed by atoms with Crippen LogP contribution in [0.15, 0.2) is 0 Å². The van der Waals surface area contributed by atoms with Gasteiger partial charge in [0.15, 0.2) is 0 Å². The van der Waals surface area contributed by atoms with Crippen LogP contribution in [0.3, 0.4) is 0 Å². The quantitative estimate of drug-likeness (QED) is 0.754. The summed E-state index contributed by atoms with van der Waals surface area (Å²) < 4.78 is 0. The maximum Gasteiger partial charge on any atom is 0.326 e. The number of hydrogen-bond donors (Lipinski definition) is 2. The summed E-state index contributed by atoms with van der Waals surface area (Å²) in [5.41, 5.74) is 0. The average Bonchev–Trinajstić information content (AvgIpc) is 3.17. The fourth-order valence-corrected chi connectivity index (χ4v) is 2.41. The lowest BCUT2D eigenvalue weighted by Crippen LogP contribution is -2.47. The first-order valence-electron chi connectivity index (χ1n) is 6.88. The molecular formula is C13H20N2O4. The molecule has 2 rings (SSSR count). The van der Waals surface area contributed by atoms with Gasteiger partial charge in [0.2, 0.25) is 11.8 Å². The summed E-state index contributed by atoms with van der Waals surface area (Å²) in [7, 11) is 0. The molecule has 1 saturated heterocycles. The number of amides is 2. The molecule has 0 aromatic heterocycles. The average molecular weight is 268 g/mol. The van der Waals surface area contributed by atoms with Crippen LogP contribution in [0.1, 0.15) is 38.5 Å². The zero-order valence-corrected chi connectivity index (χ0v) is 10.9. The molecule has 2 fully saturated rings. The van der Waals surface area contributed by atoms with Crippen molar-refractivity contribution in [1.29, 1.82) is 0 Å². The topological polar surface area (TPSA) is 86.7 Å². The third kappa shape index (κ3) is 3.94. The summed E-state index contributed by atoms with van der Waals surface area (Å²) in [4.78, 5) is 36.2. The van der Waals surface area contributed by atoms with E-state index in [2.05, 4.69) is 5.32 Å². The largest absolute Gasteiger partial charge is 0.480 e. The molecule has 19 heavy (non-hydrogen) atoms. The summed E-state index contributed by atoms with van der Waals surface area (Å²) in [6.45, 7) is 0.572. The number of carboxylic acid groups (broad SMARTS) is 1. The number of carboxylic acids is 1. The molecule has 1 heterocycles. The number of likely N-dealkylation sites (tertiary alicyclic amines) is 1. The van der Waals surface area contributed by atoms with Crippen LogP contribution in [-0.4, -0.2) is 46.9 Å². The zero-order chi connectivity index (χ0) is 13.8. The van der Waals surface area contributed by atoms with Crippen LogP contribution in [0.2, 0.25) is 0 Å². The first-order valence-corrected chi connectivity index (χ1v) is 6.88. The van der Waals surface area contributed by atoms with Gasteiger partial charge < -0.3 is 15.3 Å². The second kappa shape index (κ2) is 6.04. The van der Waals surface area contributed by atoms with E-state index in [0.717, 1.165) is 32.1 Å². The molecule has 0 aromatic carbocycles. The lowest BCUT2D eigenvalue weighted by Gasteiger charge is -2.21. The summed E-state index contributed by atoms with van der Waals surface area (Å²) in [6.07, 6.45) is 4.96. The molecule has 2 amide bonds. The Morgan fingerprint density at radius 1 is 1.32 bits per heavy atom. The number of carbonyl (C=O) groups is 3. The van der Waals surface area contributed by atoms with Gasteiger partial charge in [-0.05, 0) is 31.6 Å². The van der Waals surface area contributed by atoms with Gasteiger partial charge >= 0.3 is 5.97 Å². The Labute approximate surface area is 112 Å². The molecule has 0 bridgehead atoms. The molecule has 2 aliphatic rings. The van der Waals surface area contributed by atoms with Gasteiger partial charge in [-0.15, -0.1) is 0 Å². The van der Waals surface area contributed by atoms with Crippen molar-refractivity contribution >= 4 is 17.8 Å². The Balaban J connectivity index is 1.85. The lowest BCUT2D eigenvalue weighted by molar-refractivity contribution is -0.143. The molecule has 6 nitrogen and oxygen atoms in total. The minimum atomic E-state index is -0.988. The number of carbonyl (C=O) groups excluding carboxylic acids is 2. The van der Waals surface area contributed by atoms with E-state index in [1.54, 1.807) is 0 Å². The molecular weight excluding hydrogens is 248 g/mol. The summed E-state index contributed by atoms with van der Waals surface area (Å²) in [6, 6.07) is -0.797. The normalized spacial score (nSPS) is 21.7. The second-order valence-electron chi connectivity index (χ2n) is 5.35. The number of nitrogens with zero attached hydrogens (tertiary/aromatic N) is 1. The molecule has 1 aliphatic heterocycles. The van der Waals surface area contributed by atoms with E-state index in [1.165, 1.54) is 4.90 Å². The number of aliphatic carboxylic acids is 1. The highest BCUT2D eigenvalue weighted by atomic mass is 16.4. The highest BCUT2D eigenvalue weighted by molar-refractivity contribution is 5.88. The predicted molar refractivity (Wildman–Crippen MR) is 67.3 cm³/mol. The molecule has 1 aliphatic carbocycles. The summed E-state index contributed by atoms with van der Waals surface area (Å²) in [5.74, 6) is -1.31. The van der Waals surface area contributed by atoms with Crippen LogP contribution in [0.25, 0.3) is 0 Å². The molecule has 2 N–H and O–H groups in total. The Morgan fingerprint density at radius 2 is 2.05 bits per heavy atom. The first-order chi connectivity index (χ1) is 9.08. The van der Waals surface area contributed by atoms with E-state index in [4.69, 9.17) is 5.11 Å². The van der Waals surface area contributed by atoms with Crippen molar-refractivity contribution in [1.82, 2.24) is 10.2 Å². The van der Waals surface area contributed by atoms with Crippen LogP contribution in [0.5, 0.6) is 0 Å². The Bertz CT molecular complexity index is 379. The van der Waals surface area contributed by atoms with Gasteiger partial charge in [-0.3, -0.25) is 9.59 Å². The van der Waals surface area contributed by atoms with Gasteiger partial charge in [-0.1, -0.05) is 6.42 Å². The van der Waals surface area contributed by atoms with Crippen molar-refractivity contribution in [2.75, 3.05) is 13.1 Å². The standard InChI is InChI=1S/C13H20N2O4/c16-10(14-12(13(18)19)9-5-6-9)8-15-7-3-1-2-4-11(15)17/h9,12H,1-8H2,(H,14,16)(H,18,19). The Morgan fingerprint density at radius 3 is 2.68 bits per heavy atom. The first kappa shape index (κ1) is 13.8. The van der Waals surface area contributed by atoms with Gasteiger partial charge in [0.25, 0.3) is 0 Å². The fourth-order valence-electron chi connectivity index (χ4n) is 2.41. The Kier molecular flexibility index (Phi) is 4.39. The minimum absolute atomic E-state index is 0.00838. The molecule has 1 atom stereocenters. The van der Waals surface area contributed by atoms with Crippen molar-refractivity contribution in [3.63, 3.8) is 0 Å². The number of nitrogens with one attached hydrogen (secondary N) is 1. The van der Waals surface area contributed by atoms with E-state index in [0.29, 0.717) is 13.0 Å². The maximum atomic E-state index is 11.8. The van der Waals surface area contributed by atoms with Gasteiger partial charge in [-0.2, -0.15) is 0 Å². The number of hydrogen-bond acceptors (Lipinski definition) is 3. The molecule has 0 aromatic rings. The highest BCUT2D eigenvalue weighted by Gasteiger charge is 2.37. The molecule has 106 valence electrons. The van der Waals surface area contributed by atoms with Gasteiger partial charge in [0.05, 0.1) is 6.54 Å². The SMILES string of the molecule is O=C(CN1CCCCCC1=O)NC(C(=O)O)C1CC1. The van der Waals surface area contributed by atoms with E-state index < -0.39 is 12.0 Å².